The number of anilines is 3. The maximum absolute atomic E-state index is 6.97. The number of hydrogen-bond acceptors (Lipinski definition) is 2. The molecular formula is C58H38N2O. The van der Waals surface area contributed by atoms with Crippen LogP contribution in [-0.4, -0.2) is 4.57 Å². The van der Waals surface area contributed by atoms with Gasteiger partial charge in [-0.05, 0) is 111 Å². The van der Waals surface area contributed by atoms with E-state index in [0.29, 0.717) is 0 Å². The Hall–Kier alpha value is -8.14. The van der Waals surface area contributed by atoms with Crippen LogP contribution >= 0.6 is 0 Å². The van der Waals surface area contributed by atoms with Gasteiger partial charge in [-0.15, -0.1) is 0 Å². The van der Waals surface area contributed by atoms with E-state index in [0.717, 1.165) is 66.9 Å². The van der Waals surface area contributed by atoms with Crippen LogP contribution in [0.25, 0.3) is 93.6 Å². The van der Waals surface area contributed by atoms with Gasteiger partial charge in [-0.2, -0.15) is 0 Å². The summed E-state index contributed by atoms with van der Waals surface area (Å²) in [5.74, 6) is 0. The fourth-order valence-corrected chi connectivity index (χ4v) is 9.31. The van der Waals surface area contributed by atoms with Crippen molar-refractivity contribution in [3.8, 4) is 39.1 Å². The highest BCUT2D eigenvalue weighted by Gasteiger charge is 2.23. The molecule has 286 valence electrons. The van der Waals surface area contributed by atoms with Gasteiger partial charge in [0.05, 0.1) is 22.1 Å². The molecule has 2 heterocycles. The molecule has 3 heteroatoms. The first-order chi connectivity index (χ1) is 30.2. The van der Waals surface area contributed by atoms with Crippen molar-refractivity contribution in [2.24, 2.45) is 0 Å². The third-order valence-corrected chi connectivity index (χ3v) is 12.1. The Morgan fingerprint density at radius 2 is 0.934 bits per heavy atom. The number of rotatable bonds is 7. The first-order valence-electron chi connectivity index (χ1n) is 20.8. The Morgan fingerprint density at radius 1 is 0.361 bits per heavy atom. The van der Waals surface area contributed by atoms with Crippen LogP contribution in [0.15, 0.2) is 235 Å². The summed E-state index contributed by atoms with van der Waals surface area (Å²) in [6.07, 6.45) is 0. The second-order valence-electron chi connectivity index (χ2n) is 15.7. The third-order valence-electron chi connectivity index (χ3n) is 12.1. The Morgan fingerprint density at radius 3 is 1.69 bits per heavy atom. The van der Waals surface area contributed by atoms with Crippen LogP contribution in [0.2, 0.25) is 0 Å². The molecule has 0 amide bonds. The predicted octanol–water partition coefficient (Wildman–Crippen LogP) is 16.3. The lowest BCUT2D eigenvalue weighted by Gasteiger charge is -2.27. The van der Waals surface area contributed by atoms with Gasteiger partial charge in [-0.3, -0.25) is 0 Å². The highest BCUT2D eigenvalue weighted by molar-refractivity contribution is 6.17. The van der Waals surface area contributed by atoms with Gasteiger partial charge in [0.25, 0.3) is 0 Å². The normalized spacial score (nSPS) is 11.6. The second-order valence-corrected chi connectivity index (χ2v) is 15.7. The van der Waals surface area contributed by atoms with Crippen molar-refractivity contribution < 1.29 is 4.42 Å². The molecule has 2 aromatic heterocycles. The van der Waals surface area contributed by atoms with Gasteiger partial charge in [0.1, 0.15) is 11.2 Å². The number of benzene rings is 10. The van der Waals surface area contributed by atoms with Gasteiger partial charge < -0.3 is 13.9 Å². The molecule has 0 bridgehead atoms. The predicted molar refractivity (Wildman–Crippen MR) is 257 cm³/mol. The maximum atomic E-state index is 6.97. The van der Waals surface area contributed by atoms with Gasteiger partial charge in [-0.1, -0.05) is 158 Å². The Labute approximate surface area is 353 Å². The van der Waals surface area contributed by atoms with Crippen molar-refractivity contribution in [1.29, 1.82) is 0 Å². The van der Waals surface area contributed by atoms with Gasteiger partial charge in [0, 0.05) is 38.8 Å². The molecule has 0 spiro atoms. The number of nitrogens with zero attached hydrogens (tertiary/aromatic N) is 2. The van der Waals surface area contributed by atoms with Gasteiger partial charge >= 0.3 is 0 Å². The van der Waals surface area contributed by atoms with Crippen molar-refractivity contribution in [2.45, 2.75) is 0 Å². The monoisotopic (exact) mass is 778 g/mol. The van der Waals surface area contributed by atoms with Crippen LogP contribution < -0.4 is 4.90 Å². The Kier molecular flexibility index (Phi) is 8.17. The molecule has 0 saturated heterocycles. The van der Waals surface area contributed by atoms with Gasteiger partial charge in [0.2, 0.25) is 0 Å². The summed E-state index contributed by atoms with van der Waals surface area (Å²) in [4.78, 5) is 2.40. The van der Waals surface area contributed by atoms with Crippen molar-refractivity contribution >= 4 is 71.6 Å². The minimum atomic E-state index is 0.854. The van der Waals surface area contributed by atoms with Crippen LogP contribution in [0, 0.1) is 0 Å². The van der Waals surface area contributed by atoms with E-state index >= 15 is 0 Å². The summed E-state index contributed by atoms with van der Waals surface area (Å²) in [6, 6.07) is 82.9. The molecule has 0 fully saturated rings. The first-order valence-corrected chi connectivity index (χ1v) is 20.8. The summed E-state index contributed by atoms with van der Waals surface area (Å²) in [6.45, 7) is 0. The highest BCUT2D eigenvalue weighted by atomic mass is 16.3. The molecule has 10 aromatic carbocycles. The summed E-state index contributed by atoms with van der Waals surface area (Å²) < 4.78 is 9.34. The molecule has 0 saturated carbocycles. The number of para-hydroxylation sites is 3. The summed E-state index contributed by atoms with van der Waals surface area (Å²) in [7, 11) is 0. The average Bonchev–Trinajstić information content (AvgIpc) is 3.89. The lowest BCUT2D eigenvalue weighted by atomic mass is 9.98. The van der Waals surface area contributed by atoms with Crippen molar-refractivity contribution in [3.05, 3.63) is 231 Å². The van der Waals surface area contributed by atoms with E-state index in [2.05, 4.69) is 240 Å². The van der Waals surface area contributed by atoms with Crippen LogP contribution in [-0.2, 0) is 0 Å². The van der Waals surface area contributed by atoms with E-state index in [-0.39, 0.29) is 0 Å². The fraction of sp³-hybridized carbons (Fsp3) is 0. The molecule has 0 unspecified atom stereocenters. The largest absolute Gasteiger partial charge is 0.455 e. The smallest absolute Gasteiger partial charge is 0.145 e. The molecule has 0 atom stereocenters. The maximum Gasteiger partial charge on any atom is 0.145 e. The van der Waals surface area contributed by atoms with E-state index in [9.17, 15) is 0 Å². The van der Waals surface area contributed by atoms with E-state index in [1.165, 1.54) is 43.7 Å². The third kappa shape index (κ3) is 5.90. The minimum Gasteiger partial charge on any atom is -0.455 e. The lowest BCUT2D eigenvalue weighted by molar-refractivity contribution is 0.670. The topological polar surface area (TPSA) is 21.3 Å². The quantitative estimate of drug-likeness (QED) is 0.161. The van der Waals surface area contributed by atoms with Gasteiger partial charge in [-0.25, -0.2) is 0 Å². The number of fused-ring (bicyclic) bond motifs is 7. The van der Waals surface area contributed by atoms with Crippen molar-refractivity contribution in [2.75, 3.05) is 4.90 Å². The molecule has 12 rings (SSSR count). The second kappa shape index (κ2) is 14.3. The zero-order valence-electron chi connectivity index (χ0n) is 33.2. The lowest BCUT2D eigenvalue weighted by Crippen LogP contribution is -2.11. The minimum absolute atomic E-state index is 0.854. The molecule has 0 aliphatic carbocycles. The fourth-order valence-electron chi connectivity index (χ4n) is 9.31. The summed E-state index contributed by atoms with van der Waals surface area (Å²) in [5, 5.41) is 7.08. The first kappa shape index (κ1) is 34.9. The SMILES string of the molecule is c1ccc(-c2cccc(N(c3cccc(-c4ccc5ccccc5c4)c3)c3ccc(-c4cccc(-n5c6ccccc6c6ccccc65)c4)c4oc5ccccc5c34)c2)cc1. The molecule has 0 aliphatic heterocycles. The van der Waals surface area contributed by atoms with E-state index < -0.39 is 0 Å². The summed E-state index contributed by atoms with van der Waals surface area (Å²) >= 11 is 0. The van der Waals surface area contributed by atoms with Crippen molar-refractivity contribution in [3.63, 3.8) is 0 Å². The van der Waals surface area contributed by atoms with E-state index in [4.69, 9.17) is 4.42 Å². The molecular weight excluding hydrogens is 741 g/mol. The number of furan rings is 1. The number of hydrogen-bond donors (Lipinski definition) is 0. The molecule has 0 N–H and O–H groups in total. The Bertz CT molecular complexity index is 3560. The zero-order chi connectivity index (χ0) is 40.3. The van der Waals surface area contributed by atoms with Gasteiger partial charge in [0.15, 0.2) is 0 Å². The molecule has 61 heavy (non-hydrogen) atoms. The standard InChI is InChI=1S/C58H38N2O/c1-2-15-39(16-3-1)42-19-12-22-46(36-42)59(47-23-13-20-43(37-47)44-32-31-40-17-4-5-18-41(40)35-44)55-34-33-49(58-57(55)52-27-8-11-30-56(52)61-58)45-21-14-24-48(38-45)60-53-28-9-6-25-50(53)51-26-7-10-29-54(51)60/h1-38H. The van der Waals surface area contributed by atoms with E-state index in [1.54, 1.807) is 0 Å². The molecule has 0 aliphatic rings. The zero-order valence-corrected chi connectivity index (χ0v) is 33.2. The van der Waals surface area contributed by atoms with Crippen LogP contribution in [0.3, 0.4) is 0 Å². The van der Waals surface area contributed by atoms with Crippen LogP contribution in [0.1, 0.15) is 0 Å². The van der Waals surface area contributed by atoms with E-state index in [1.807, 2.05) is 0 Å². The summed E-state index contributed by atoms with van der Waals surface area (Å²) in [5.41, 5.74) is 15.1. The van der Waals surface area contributed by atoms with Crippen LogP contribution in [0.5, 0.6) is 0 Å². The molecule has 12 aromatic rings. The Balaban J connectivity index is 1.08. The molecule has 3 nitrogen and oxygen atoms in total. The average molecular weight is 779 g/mol. The molecule has 0 radical (unpaired) electrons. The van der Waals surface area contributed by atoms with Crippen molar-refractivity contribution in [1.82, 2.24) is 4.57 Å². The van der Waals surface area contributed by atoms with Crippen LogP contribution in [0.4, 0.5) is 17.1 Å². The highest BCUT2D eigenvalue weighted by Crippen LogP contribution is 2.47. The number of aromatic nitrogens is 1.